The highest BCUT2D eigenvalue weighted by Gasteiger charge is 2.39. The number of aliphatic hydroxyl groups is 1. The van der Waals surface area contributed by atoms with E-state index in [1.54, 1.807) is 13.3 Å². The predicted molar refractivity (Wildman–Crippen MR) is 100 cm³/mol. The molecule has 27 heavy (non-hydrogen) atoms. The monoisotopic (exact) mass is 366 g/mol. The van der Waals surface area contributed by atoms with Gasteiger partial charge in [0, 0.05) is 19.9 Å². The molecule has 4 rings (SSSR count). The molecule has 3 heterocycles. The molecule has 1 aliphatic heterocycles. The molecule has 1 aliphatic rings. The molecule has 2 aromatic heterocycles. The molecule has 0 radical (unpaired) electrons. The van der Waals surface area contributed by atoms with Gasteiger partial charge in [0.25, 0.3) is 5.89 Å². The second kappa shape index (κ2) is 7.09. The molecule has 0 unspecified atom stereocenters. The van der Waals surface area contributed by atoms with Gasteiger partial charge in [-0.1, -0.05) is 29.4 Å². The number of aryl methyl sites for hydroxylation is 1. The van der Waals surface area contributed by atoms with Crippen LogP contribution in [-0.4, -0.2) is 40.4 Å². The number of nitrogens with zero attached hydrogens (tertiary/aromatic N) is 4. The van der Waals surface area contributed by atoms with Gasteiger partial charge in [-0.05, 0) is 36.6 Å². The first-order chi connectivity index (χ1) is 13.1. The lowest BCUT2D eigenvalue weighted by molar-refractivity contribution is 0.0600. The normalized spacial score (nSPS) is 19.6. The maximum Gasteiger partial charge on any atom is 0.259 e. The van der Waals surface area contributed by atoms with Crippen LogP contribution in [0.2, 0.25) is 0 Å². The van der Waals surface area contributed by atoms with Crippen molar-refractivity contribution in [2.45, 2.75) is 25.6 Å². The van der Waals surface area contributed by atoms with Crippen LogP contribution in [0, 0.1) is 6.92 Å². The molecule has 1 saturated heterocycles. The number of methoxy groups -OCH3 is 1. The minimum atomic E-state index is -0.854. The average molecular weight is 366 g/mol. The van der Waals surface area contributed by atoms with Crippen LogP contribution in [0.5, 0.6) is 0 Å². The minimum Gasteiger partial charge on any atom is -0.383 e. The third kappa shape index (κ3) is 3.43. The van der Waals surface area contributed by atoms with Gasteiger partial charge in [0.2, 0.25) is 0 Å². The average Bonchev–Trinajstić information content (AvgIpc) is 3.30. The molecular formula is C20H22N4O3. The molecule has 7 heteroatoms. The summed E-state index contributed by atoms with van der Waals surface area (Å²) in [5.74, 6) is 1.73. The third-order valence-electron chi connectivity index (χ3n) is 4.95. The Balaban J connectivity index is 1.50. The SMILES string of the molecule is COCc1noc(-c2ccc(N3CC[C@](O)(c4ccccc4C)C3)nc2)n1. The topological polar surface area (TPSA) is 84.5 Å². The van der Waals surface area contributed by atoms with Crippen LogP contribution >= 0.6 is 0 Å². The van der Waals surface area contributed by atoms with Gasteiger partial charge >= 0.3 is 0 Å². The van der Waals surface area contributed by atoms with Crippen molar-refractivity contribution >= 4 is 5.82 Å². The lowest BCUT2D eigenvalue weighted by Gasteiger charge is -2.26. The lowest BCUT2D eigenvalue weighted by atomic mass is 9.89. The minimum absolute atomic E-state index is 0.306. The number of anilines is 1. The van der Waals surface area contributed by atoms with E-state index in [1.807, 2.05) is 43.3 Å². The first kappa shape index (κ1) is 17.6. The van der Waals surface area contributed by atoms with Crippen molar-refractivity contribution in [1.82, 2.24) is 15.1 Å². The molecule has 7 nitrogen and oxygen atoms in total. The zero-order valence-electron chi connectivity index (χ0n) is 15.4. The smallest absolute Gasteiger partial charge is 0.259 e. The van der Waals surface area contributed by atoms with Crippen LogP contribution in [0.1, 0.15) is 23.4 Å². The Bertz CT molecular complexity index is 925. The summed E-state index contributed by atoms with van der Waals surface area (Å²) in [6.45, 7) is 3.60. The van der Waals surface area contributed by atoms with E-state index < -0.39 is 5.60 Å². The fourth-order valence-corrected chi connectivity index (χ4v) is 3.56. The van der Waals surface area contributed by atoms with Crippen molar-refractivity contribution in [2.75, 3.05) is 25.1 Å². The molecule has 0 aliphatic carbocycles. The van der Waals surface area contributed by atoms with E-state index in [-0.39, 0.29) is 0 Å². The van der Waals surface area contributed by atoms with E-state index in [0.717, 1.165) is 29.1 Å². The van der Waals surface area contributed by atoms with Crippen LogP contribution in [0.4, 0.5) is 5.82 Å². The summed E-state index contributed by atoms with van der Waals surface area (Å²) in [7, 11) is 1.58. The maximum atomic E-state index is 11.1. The Labute approximate surface area is 157 Å². The molecule has 0 spiro atoms. The number of rotatable bonds is 5. The maximum absolute atomic E-state index is 11.1. The largest absolute Gasteiger partial charge is 0.383 e. The summed E-state index contributed by atoms with van der Waals surface area (Å²) < 4.78 is 10.2. The summed E-state index contributed by atoms with van der Waals surface area (Å²) in [4.78, 5) is 10.9. The van der Waals surface area contributed by atoms with E-state index in [0.29, 0.717) is 31.3 Å². The van der Waals surface area contributed by atoms with Crippen molar-refractivity contribution in [2.24, 2.45) is 0 Å². The Hall–Kier alpha value is -2.77. The van der Waals surface area contributed by atoms with Crippen molar-refractivity contribution in [1.29, 1.82) is 0 Å². The molecule has 0 saturated carbocycles. The number of benzene rings is 1. The van der Waals surface area contributed by atoms with E-state index in [4.69, 9.17) is 9.26 Å². The number of pyridine rings is 1. The number of aromatic nitrogens is 3. The number of hydrogen-bond donors (Lipinski definition) is 1. The quantitative estimate of drug-likeness (QED) is 0.743. The van der Waals surface area contributed by atoms with Crippen LogP contribution < -0.4 is 4.90 Å². The fraction of sp³-hybridized carbons (Fsp3) is 0.350. The fourth-order valence-electron chi connectivity index (χ4n) is 3.56. The highest BCUT2D eigenvalue weighted by molar-refractivity contribution is 5.55. The second-order valence-electron chi connectivity index (χ2n) is 6.87. The van der Waals surface area contributed by atoms with Crippen molar-refractivity contribution in [3.05, 3.63) is 59.5 Å². The van der Waals surface area contributed by atoms with Gasteiger partial charge in [-0.2, -0.15) is 4.98 Å². The molecule has 1 atom stereocenters. The second-order valence-corrected chi connectivity index (χ2v) is 6.87. The molecule has 1 fully saturated rings. The molecule has 0 bridgehead atoms. The van der Waals surface area contributed by atoms with Gasteiger partial charge in [0.1, 0.15) is 18.0 Å². The standard InChI is InChI=1S/C20H22N4O3/c1-14-5-3-4-6-16(14)20(25)9-10-24(13-20)18-8-7-15(11-21-18)19-22-17(12-26-2)23-27-19/h3-8,11,25H,9-10,12-13H2,1-2H3/t20-/m1/s1. The van der Waals surface area contributed by atoms with Gasteiger partial charge < -0.3 is 19.3 Å². The highest BCUT2D eigenvalue weighted by atomic mass is 16.5. The number of ether oxygens (including phenoxy) is 1. The lowest BCUT2D eigenvalue weighted by Crippen LogP contribution is -2.31. The number of hydrogen-bond acceptors (Lipinski definition) is 7. The van der Waals surface area contributed by atoms with Gasteiger partial charge in [0.05, 0.1) is 12.1 Å². The Morgan fingerprint density at radius 3 is 2.85 bits per heavy atom. The van der Waals surface area contributed by atoms with Gasteiger partial charge in [-0.25, -0.2) is 4.98 Å². The van der Waals surface area contributed by atoms with Crippen molar-refractivity contribution in [3.8, 4) is 11.5 Å². The van der Waals surface area contributed by atoms with E-state index in [2.05, 4.69) is 20.0 Å². The van der Waals surface area contributed by atoms with Gasteiger partial charge in [-0.3, -0.25) is 0 Å². The van der Waals surface area contributed by atoms with E-state index in [9.17, 15) is 5.11 Å². The molecule has 1 aromatic carbocycles. The van der Waals surface area contributed by atoms with Gasteiger partial charge in [-0.15, -0.1) is 0 Å². The molecule has 1 N–H and O–H groups in total. The Morgan fingerprint density at radius 1 is 1.26 bits per heavy atom. The summed E-state index contributed by atoms with van der Waals surface area (Å²) in [5.41, 5.74) is 1.99. The summed E-state index contributed by atoms with van der Waals surface area (Å²) in [6, 6.07) is 11.8. The van der Waals surface area contributed by atoms with E-state index >= 15 is 0 Å². The first-order valence-electron chi connectivity index (χ1n) is 8.90. The summed E-state index contributed by atoms with van der Waals surface area (Å²) >= 11 is 0. The molecule has 0 amide bonds. The van der Waals surface area contributed by atoms with Gasteiger partial charge in [0.15, 0.2) is 5.82 Å². The van der Waals surface area contributed by atoms with Crippen LogP contribution in [0.15, 0.2) is 47.1 Å². The molecule has 3 aromatic rings. The van der Waals surface area contributed by atoms with Crippen LogP contribution in [-0.2, 0) is 16.9 Å². The van der Waals surface area contributed by atoms with E-state index in [1.165, 1.54) is 0 Å². The zero-order valence-corrected chi connectivity index (χ0v) is 15.4. The third-order valence-corrected chi connectivity index (χ3v) is 4.95. The number of β-amino-alcohol motifs (C(OH)–C–C–N with tert-alkyl or cyclic N) is 1. The molecular weight excluding hydrogens is 344 g/mol. The Kier molecular flexibility index (Phi) is 4.63. The van der Waals surface area contributed by atoms with Crippen molar-refractivity contribution in [3.63, 3.8) is 0 Å². The summed E-state index contributed by atoms with van der Waals surface area (Å²) in [6.07, 6.45) is 2.38. The Morgan fingerprint density at radius 2 is 2.11 bits per heavy atom. The summed E-state index contributed by atoms with van der Waals surface area (Å²) in [5, 5.41) is 15.0. The highest BCUT2D eigenvalue weighted by Crippen LogP contribution is 2.35. The first-order valence-corrected chi connectivity index (χ1v) is 8.90. The van der Waals surface area contributed by atoms with Crippen molar-refractivity contribution < 1.29 is 14.4 Å². The van der Waals surface area contributed by atoms with Crippen LogP contribution in [0.25, 0.3) is 11.5 Å². The molecule has 140 valence electrons. The van der Waals surface area contributed by atoms with Crippen LogP contribution in [0.3, 0.4) is 0 Å². The zero-order chi connectivity index (χ0) is 18.9. The predicted octanol–water partition coefficient (Wildman–Crippen LogP) is 2.68.